The number of carbonyl (C=O) groups excluding carboxylic acids is 1. The van der Waals surface area contributed by atoms with Gasteiger partial charge in [-0.15, -0.1) is 35.3 Å². The fourth-order valence-corrected chi connectivity index (χ4v) is 3.27. The van der Waals surface area contributed by atoms with Gasteiger partial charge >= 0.3 is 0 Å². The van der Waals surface area contributed by atoms with Crippen LogP contribution in [0.4, 0.5) is 0 Å². The van der Waals surface area contributed by atoms with Gasteiger partial charge in [-0.3, -0.25) is 9.78 Å². The Morgan fingerprint density at radius 1 is 1.29 bits per heavy atom. The average Bonchev–Trinajstić information content (AvgIpc) is 3.23. The number of aromatic nitrogens is 1. The molecule has 0 radical (unpaired) electrons. The lowest BCUT2D eigenvalue weighted by Gasteiger charge is -2.17. The average molecular weight is 515 g/mol. The van der Waals surface area contributed by atoms with Crippen molar-refractivity contribution < 1.29 is 4.79 Å². The molecule has 0 aromatic carbocycles. The Labute approximate surface area is 188 Å². The van der Waals surface area contributed by atoms with Crippen molar-refractivity contribution in [3.05, 3.63) is 52.5 Å². The second-order valence-corrected chi connectivity index (χ2v) is 7.36. The zero-order chi connectivity index (χ0) is 19.5. The molecule has 8 heteroatoms. The summed E-state index contributed by atoms with van der Waals surface area (Å²) in [7, 11) is 1.81. The molecule has 2 aromatic heterocycles. The molecule has 0 aliphatic carbocycles. The SMILES string of the molecule is CCNC(=NCC(=O)N(C)CCc1ccccn1)NCC(C)c1cccs1.I. The summed E-state index contributed by atoms with van der Waals surface area (Å²) < 4.78 is 0. The summed E-state index contributed by atoms with van der Waals surface area (Å²) >= 11 is 1.76. The predicted octanol–water partition coefficient (Wildman–Crippen LogP) is 3.12. The molecular formula is C20H30IN5OS. The highest BCUT2D eigenvalue weighted by atomic mass is 127. The van der Waals surface area contributed by atoms with Gasteiger partial charge in [-0.2, -0.15) is 0 Å². The largest absolute Gasteiger partial charge is 0.357 e. The van der Waals surface area contributed by atoms with Crippen LogP contribution in [-0.4, -0.2) is 55.0 Å². The van der Waals surface area contributed by atoms with Gasteiger partial charge in [0.25, 0.3) is 0 Å². The minimum atomic E-state index is -0.00515. The fraction of sp³-hybridized carbons (Fsp3) is 0.450. The maximum atomic E-state index is 12.3. The minimum Gasteiger partial charge on any atom is -0.357 e. The fourth-order valence-electron chi connectivity index (χ4n) is 2.48. The summed E-state index contributed by atoms with van der Waals surface area (Å²) in [4.78, 5) is 24.1. The normalized spacial score (nSPS) is 12.0. The molecule has 2 aromatic rings. The monoisotopic (exact) mass is 515 g/mol. The van der Waals surface area contributed by atoms with E-state index in [1.165, 1.54) is 4.88 Å². The quantitative estimate of drug-likeness (QED) is 0.306. The lowest BCUT2D eigenvalue weighted by atomic mass is 10.1. The highest BCUT2D eigenvalue weighted by Crippen LogP contribution is 2.19. The van der Waals surface area contributed by atoms with Gasteiger partial charge in [-0.1, -0.05) is 19.1 Å². The van der Waals surface area contributed by atoms with Crippen molar-refractivity contribution in [1.82, 2.24) is 20.5 Å². The van der Waals surface area contributed by atoms with Crippen LogP contribution in [0.1, 0.15) is 30.3 Å². The zero-order valence-corrected chi connectivity index (χ0v) is 19.9. The van der Waals surface area contributed by atoms with Crippen LogP contribution in [0.15, 0.2) is 46.9 Å². The van der Waals surface area contributed by atoms with E-state index < -0.39 is 0 Å². The number of likely N-dealkylation sites (N-methyl/N-ethyl adjacent to an activating group) is 1. The molecule has 1 amide bonds. The van der Waals surface area contributed by atoms with Crippen LogP contribution in [0.2, 0.25) is 0 Å². The van der Waals surface area contributed by atoms with Crippen LogP contribution in [0.5, 0.6) is 0 Å². The van der Waals surface area contributed by atoms with E-state index >= 15 is 0 Å². The van der Waals surface area contributed by atoms with E-state index in [4.69, 9.17) is 0 Å². The van der Waals surface area contributed by atoms with Crippen LogP contribution in [0, 0.1) is 0 Å². The number of guanidine groups is 1. The molecule has 2 rings (SSSR count). The molecule has 1 atom stereocenters. The molecule has 0 bridgehead atoms. The van der Waals surface area contributed by atoms with Crippen molar-refractivity contribution in [1.29, 1.82) is 0 Å². The first-order chi connectivity index (χ1) is 13.1. The second kappa shape index (κ2) is 13.5. The van der Waals surface area contributed by atoms with E-state index in [2.05, 4.69) is 45.0 Å². The molecule has 0 fully saturated rings. The molecule has 28 heavy (non-hydrogen) atoms. The number of nitrogens with one attached hydrogen (secondary N) is 2. The Hall–Kier alpha value is -1.68. The lowest BCUT2D eigenvalue weighted by Crippen LogP contribution is -2.40. The number of rotatable bonds is 9. The molecule has 1 unspecified atom stereocenters. The molecule has 154 valence electrons. The van der Waals surface area contributed by atoms with Gasteiger partial charge in [0.1, 0.15) is 6.54 Å². The van der Waals surface area contributed by atoms with Crippen LogP contribution < -0.4 is 10.6 Å². The molecule has 0 saturated carbocycles. The molecule has 0 saturated heterocycles. The summed E-state index contributed by atoms with van der Waals surface area (Å²) in [6.07, 6.45) is 2.51. The standard InChI is InChI=1S/C20H29N5OS.HI/c1-4-21-20(23-14-16(2)18-9-7-13-27-18)24-15-19(26)25(3)12-10-17-8-5-6-11-22-17;/h5-9,11,13,16H,4,10,12,14-15H2,1-3H3,(H2,21,23,24);1H. The van der Waals surface area contributed by atoms with Gasteiger partial charge in [0.15, 0.2) is 5.96 Å². The summed E-state index contributed by atoms with van der Waals surface area (Å²) in [6, 6.07) is 10.0. The van der Waals surface area contributed by atoms with Gasteiger partial charge in [0.2, 0.25) is 5.91 Å². The van der Waals surface area contributed by atoms with Crippen molar-refractivity contribution >= 4 is 47.2 Å². The summed E-state index contributed by atoms with van der Waals surface area (Å²) in [5, 5.41) is 8.61. The van der Waals surface area contributed by atoms with Crippen LogP contribution in [-0.2, 0) is 11.2 Å². The smallest absolute Gasteiger partial charge is 0.244 e. The van der Waals surface area contributed by atoms with E-state index in [1.807, 2.05) is 25.1 Å². The molecule has 6 nitrogen and oxygen atoms in total. The Kier molecular flexibility index (Phi) is 11.7. The highest BCUT2D eigenvalue weighted by Gasteiger charge is 2.10. The lowest BCUT2D eigenvalue weighted by molar-refractivity contribution is -0.128. The number of halogens is 1. The molecule has 0 aliphatic heterocycles. The van der Waals surface area contributed by atoms with E-state index in [9.17, 15) is 4.79 Å². The van der Waals surface area contributed by atoms with Crippen LogP contribution in [0.25, 0.3) is 0 Å². The number of hydrogen-bond acceptors (Lipinski definition) is 4. The minimum absolute atomic E-state index is 0. The first-order valence-electron chi connectivity index (χ1n) is 9.29. The van der Waals surface area contributed by atoms with Gasteiger partial charge in [-0.05, 0) is 30.5 Å². The third kappa shape index (κ3) is 8.55. The van der Waals surface area contributed by atoms with Crippen molar-refractivity contribution in [3.63, 3.8) is 0 Å². The predicted molar refractivity (Wildman–Crippen MR) is 128 cm³/mol. The third-order valence-electron chi connectivity index (χ3n) is 4.18. The van der Waals surface area contributed by atoms with Crippen molar-refractivity contribution in [2.75, 3.05) is 33.2 Å². The molecular weight excluding hydrogens is 485 g/mol. The number of carbonyl (C=O) groups is 1. The third-order valence-corrected chi connectivity index (χ3v) is 5.28. The number of thiophene rings is 1. The van der Waals surface area contributed by atoms with E-state index in [0.29, 0.717) is 18.4 Å². The van der Waals surface area contributed by atoms with Crippen LogP contribution in [0.3, 0.4) is 0 Å². The summed E-state index contributed by atoms with van der Waals surface area (Å²) in [5.74, 6) is 1.06. The topological polar surface area (TPSA) is 69.6 Å². The van der Waals surface area contributed by atoms with Crippen molar-refractivity contribution in [2.45, 2.75) is 26.2 Å². The van der Waals surface area contributed by atoms with Gasteiger partial charge < -0.3 is 15.5 Å². The molecule has 0 aliphatic rings. The molecule has 2 heterocycles. The first-order valence-corrected chi connectivity index (χ1v) is 10.2. The Bertz CT molecular complexity index is 709. The molecule has 2 N–H and O–H groups in total. The second-order valence-electron chi connectivity index (χ2n) is 6.38. The highest BCUT2D eigenvalue weighted by molar-refractivity contribution is 14.0. The number of aliphatic imine (C=N–C) groups is 1. The number of amides is 1. The summed E-state index contributed by atoms with van der Waals surface area (Å²) in [5.41, 5.74) is 0.984. The number of pyridine rings is 1. The summed E-state index contributed by atoms with van der Waals surface area (Å²) in [6.45, 7) is 6.48. The zero-order valence-electron chi connectivity index (χ0n) is 16.7. The Morgan fingerprint density at radius 2 is 2.11 bits per heavy atom. The first kappa shape index (κ1) is 24.4. The maximum absolute atomic E-state index is 12.3. The van der Waals surface area contributed by atoms with Crippen molar-refractivity contribution in [3.8, 4) is 0 Å². The number of nitrogens with zero attached hydrogens (tertiary/aromatic N) is 3. The number of hydrogen-bond donors (Lipinski definition) is 2. The van der Waals surface area contributed by atoms with E-state index in [1.54, 1.807) is 29.5 Å². The van der Waals surface area contributed by atoms with E-state index in [-0.39, 0.29) is 36.4 Å². The van der Waals surface area contributed by atoms with Crippen molar-refractivity contribution in [2.24, 2.45) is 4.99 Å². The van der Waals surface area contributed by atoms with Gasteiger partial charge in [0, 0.05) is 55.8 Å². The Morgan fingerprint density at radius 3 is 2.75 bits per heavy atom. The van der Waals surface area contributed by atoms with E-state index in [0.717, 1.165) is 25.2 Å². The van der Waals surface area contributed by atoms with Crippen LogP contribution >= 0.6 is 35.3 Å². The Balaban J connectivity index is 0.00000392. The molecule has 0 spiro atoms. The maximum Gasteiger partial charge on any atom is 0.244 e. The van der Waals surface area contributed by atoms with Gasteiger partial charge in [-0.25, -0.2) is 4.99 Å². The van der Waals surface area contributed by atoms with Gasteiger partial charge in [0.05, 0.1) is 0 Å².